The normalized spacial score (nSPS) is 23.9. The summed E-state index contributed by atoms with van der Waals surface area (Å²) in [5, 5.41) is 2.96. The van der Waals surface area contributed by atoms with E-state index in [4.69, 9.17) is 11.6 Å². The zero-order valence-electron chi connectivity index (χ0n) is 7.75. The quantitative estimate of drug-likeness (QED) is 0.436. The first-order valence-corrected chi connectivity index (χ1v) is 4.74. The summed E-state index contributed by atoms with van der Waals surface area (Å²) in [6.45, 7) is 2.02. The number of fused-ring (bicyclic) bond motifs is 1. The minimum absolute atomic E-state index is 0.688. The van der Waals surface area contributed by atoms with Crippen LogP contribution in [-0.4, -0.2) is 11.3 Å². The summed E-state index contributed by atoms with van der Waals surface area (Å²) in [5.41, 5.74) is 3.13. The molecule has 0 fully saturated rings. The highest BCUT2D eigenvalue weighted by Crippen LogP contribution is 2.30. The Hall–Kier alpha value is -1.28. The molecule has 0 bridgehead atoms. The van der Waals surface area contributed by atoms with Gasteiger partial charge in [0.1, 0.15) is 0 Å². The van der Waals surface area contributed by atoms with Gasteiger partial charge < -0.3 is 5.32 Å². The molecule has 0 saturated carbocycles. The van der Waals surface area contributed by atoms with Crippen LogP contribution in [0.15, 0.2) is 24.3 Å². The number of nitrogens with one attached hydrogen (secondary N) is 1. The molecular formula is C11H10ClNO. The van der Waals surface area contributed by atoms with Crippen molar-refractivity contribution in [2.45, 2.75) is 11.9 Å². The van der Waals surface area contributed by atoms with E-state index in [1.54, 1.807) is 6.08 Å². The molecule has 1 aliphatic rings. The van der Waals surface area contributed by atoms with Crippen LogP contribution in [0.2, 0.25) is 0 Å². The first kappa shape index (κ1) is 9.28. The highest BCUT2D eigenvalue weighted by Gasteiger charge is 2.26. The third kappa shape index (κ3) is 1.53. The van der Waals surface area contributed by atoms with Crippen LogP contribution in [0.25, 0.3) is 6.08 Å². The van der Waals surface area contributed by atoms with Gasteiger partial charge in [0.2, 0.25) is 0 Å². The SMILES string of the molecule is Cc1ccc2c(c1)C=C[C@@](Cl)(C=O)N2. The van der Waals surface area contributed by atoms with Crippen LogP contribution in [0.4, 0.5) is 5.69 Å². The van der Waals surface area contributed by atoms with E-state index in [1.807, 2.05) is 31.2 Å². The summed E-state index contributed by atoms with van der Waals surface area (Å²) in [6.07, 6.45) is 4.21. The number of hydrogen-bond donors (Lipinski definition) is 1. The van der Waals surface area contributed by atoms with Gasteiger partial charge >= 0.3 is 0 Å². The number of alkyl halides is 1. The van der Waals surface area contributed by atoms with Gasteiger partial charge in [0.25, 0.3) is 0 Å². The van der Waals surface area contributed by atoms with Crippen LogP contribution in [0, 0.1) is 6.92 Å². The third-order valence-electron chi connectivity index (χ3n) is 2.21. The Kier molecular flexibility index (Phi) is 2.08. The lowest BCUT2D eigenvalue weighted by molar-refractivity contribution is -0.108. The number of halogens is 1. The number of aldehydes is 1. The number of carbonyl (C=O) groups is 1. The maximum atomic E-state index is 10.7. The Labute approximate surface area is 87.6 Å². The van der Waals surface area contributed by atoms with Gasteiger partial charge in [-0.1, -0.05) is 29.3 Å². The molecule has 2 nitrogen and oxygen atoms in total. The van der Waals surface area contributed by atoms with Crippen molar-refractivity contribution < 1.29 is 4.79 Å². The van der Waals surface area contributed by atoms with E-state index < -0.39 is 5.00 Å². The summed E-state index contributed by atoms with van der Waals surface area (Å²) >= 11 is 5.96. The van der Waals surface area contributed by atoms with Crippen LogP contribution in [-0.2, 0) is 4.79 Å². The van der Waals surface area contributed by atoms with E-state index in [9.17, 15) is 4.79 Å². The molecule has 0 amide bonds. The lowest BCUT2D eigenvalue weighted by atomic mass is 10.0. The molecule has 1 aromatic rings. The fourth-order valence-electron chi connectivity index (χ4n) is 1.46. The van der Waals surface area contributed by atoms with Crippen molar-refractivity contribution in [2.24, 2.45) is 0 Å². The van der Waals surface area contributed by atoms with Crippen molar-refractivity contribution in [3.8, 4) is 0 Å². The molecule has 1 heterocycles. The lowest BCUT2D eigenvalue weighted by Crippen LogP contribution is -2.33. The molecular weight excluding hydrogens is 198 g/mol. The van der Waals surface area contributed by atoms with Crippen molar-refractivity contribution in [3.05, 3.63) is 35.4 Å². The molecule has 1 aliphatic heterocycles. The van der Waals surface area contributed by atoms with Crippen molar-refractivity contribution in [1.29, 1.82) is 0 Å². The van der Waals surface area contributed by atoms with E-state index in [0.29, 0.717) is 6.29 Å². The molecule has 0 saturated heterocycles. The predicted octanol–water partition coefficient (Wildman–Crippen LogP) is 2.57. The number of anilines is 1. The molecule has 3 heteroatoms. The molecule has 0 radical (unpaired) electrons. The lowest BCUT2D eigenvalue weighted by Gasteiger charge is -2.25. The fraction of sp³-hybridized carbons (Fsp3) is 0.182. The van der Waals surface area contributed by atoms with Gasteiger partial charge in [-0.2, -0.15) is 0 Å². The van der Waals surface area contributed by atoms with Crippen LogP contribution in [0.3, 0.4) is 0 Å². The Morgan fingerprint density at radius 2 is 2.29 bits per heavy atom. The van der Waals surface area contributed by atoms with Crippen molar-refractivity contribution >= 4 is 29.7 Å². The number of benzene rings is 1. The van der Waals surface area contributed by atoms with Gasteiger partial charge in [-0.25, -0.2) is 0 Å². The molecule has 1 atom stereocenters. The first-order valence-electron chi connectivity index (χ1n) is 4.36. The monoisotopic (exact) mass is 207 g/mol. The molecule has 0 spiro atoms. The molecule has 0 unspecified atom stereocenters. The van der Waals surface area contributed by atoms with E-state index in [1.165, 1.54) is 5.56 Å². The van der Waals surface area contributed by atoms with Crippen molar-refractivity contribution in [3.63, 3.8) is 0 Å². The van der Waals surface area contributed by atoms with E-state index >= 15 is 0 Å². The number of hydrogen-bond acceptors (Lipinski definition) is 2. The molecule has 72 valence electrons. The van der Waals surface area contributed by atoms with Crippen molar-refractivity contribution in [1.82, 2.24) is 0 Å². The van der Waals surface area contributed by atoms with E-state index in [-0.39, 0.29) is 0 Å². The highest BCUT2D eigenvalue weighted by atomic mass is 35.5. The number of carbonyl (C=O) groups excluding carboxylic acids is 1. The maximum Gasteiger partial charge on any atom is 0.187 e. The Balaban J connectivity index is 2.45. The first-order chi connectivity index (χ1) is 6.63. The molecule has 0 aromatic heterocycles. The van der Waals surface area contributed by atoms with Crippen LogP contribution in [0.1, 0.15) is 11.1 Å². The molecule has 2 rings (SSSR count). The van der Waals surface area contributed by atoms with Crippen LogP contribution in [0.5, 0.6) is 0 Å². The largest absolute Gasteiger partial charge is 0.357 e. The van der Waals surface area contributed by atoms with E-state index in [2.05, 4.69) is 5.32 Å². The third-order valence-corrected chi connectivity index (χ3v) is 2.52. The minimum Gasteiger partial charge on any atom is -0.357 e. The summed E-state index contributed by atoms with van der Waals surface area (Å²) in [5.74, 6) is 0. The predicted molar refractivity (Wildman–Crippen MR) is 58.5 cm³/mol. The Morgan fingerprint density at radius 1 is 1.50 bits per heavy atom. The molecule has 14 heavy (non-hydrogen) atoms. The standard InChI is InChI=1S/C11H10ClNO/c1-8-2-3-10-9(6-8)4-5-11(12,7-14)13-10/h2-7,13H,1H3/t11-/m0/s1. The molecule has 0 aliphatic carbocycles. The molecule has 1 aromatic carbocycles. The van der Waals surface area contributed by atoms with Gasteiger partial charge in [-0.15, -0.1) is 0 Å². The zero-order chi connectivity index (χ0) is 10.2. The summed E-state index contributed by atoms with van der Waals surface area (Å²) < 4.78 is 0. The second-order valence-corrected chi connectivity index (χ2v) is 4.06. The summed E-state index contributed by atoms with van der Waals surface area (Å²) in [6, 6.07) is 5.95. The Morgan fingerprint density at radius 3 is 3.00 bits per heavy atom. The summed E-state index contributed by atoms with van der Waals surface area (Å²) in [4.78, 5) is 9.63. The van der Waals surface area contributed by atoms with Crippen LogP contribution < -0.4 is 5.32 Å². The second kappa shape index (κ2) is 3.14. The van der Waals surface area contributed by atoms with Crippen LogP contribution >= 0.6 is 11.6 Å². The molecule has 1 N–H and O–H groups in total. The number of rotatable bonds is 1. The smallest absolute Gasteiger partial charge is 0.187 e. The van der Waals surface area contributed by atoms with E-state index in [0.717, 1.165) is 11.3 Å². The van der Waals surface area contributed by atoms with Gasteiger partial charge in [0, 0.05) is 5.69 Å². The average Bonchev–Trinajstić information content (AvgIpc) is 2.19. The van der Waals surface area contributed by atoms with Gasteiger partial charge in [-0.3, -0.25) is 4.79 Å². The van der Waals surface area contributed by atoms with Crippen molar-refractivity contribution in [2.75, 3.05) is 5.32 Å². The zero-order valence-corrected chi connectivity index (χ0v) is 8.51. The fourth-order valence-corrected chi connectivity index (χ4v) is 1.63. The minimum atomic E-state index is -1.08. The van der Waals surface area contributed by atoms with Gasteiger partial charge in [0.05, 0.1) is 0 Å². The maximum absolute atomic E-state index is 10.7. The second-order valence-electron chi connectivity index (χ2n) is 3.43. The number of aryl methyl sites for hydroxylation is 1. The highest BCUT2D eigenvalue weighted by molar-refractivity contribution is 6.35. The average molecular weight is 208 g/mol. The van der Waals surface area contributed by atoms with Gasteiger partial charge in [0.15, 0.2) is 11.3 Å². The van der Waals surface area contributed by atoms with Gasteiger partial charge in [-0.05, 0) is 30.7 Å². The summed E-state index contributed by atoms with van der Waals surface area (Å²) in [7, 11) is 0. The Bertz CT molecular complexity index is 414. The topological polar surface area (TPSA) is 29.1 Å².